The molecule has 0 radical (unpaired) electrons. The number of likely N-dealkylation sites (N-methyl/N-ethyl adjacent to an activating group) is 1. The molecule has 4 N–H and O–H groups in total. The highest BCUT2D eigenvalue weighted by molar-refractivity contribution is 7.80. The van der Waals surface area contributed by atoms with E-state index in [9.17, 15) is 9.18 Å². The quantitative estimate of drug-likeness (QED) is 0.687. The lowest BCUT2D eigenvalue weighted by atomic mass is 10.2. The summed E-state index contributed by atoms with van der Waals surface area (Å²) in [4.78, 5) is 11.2. The lowest BCUT2D eigenvalue weighted by Gasteiger charge is -2.08. The third-order valence-electron chi connectivity index (χ3n) is 2.06. The van der Waals surface area contributed by atoms with Crippen LogP contribution in [0.1, 0.15) is 12.5 Å². The fourth-order valence-electron chi connectivity index (χ4n) is 1.27. The van der Waals surface area contributed by atoms with E-state index in [4.69, 9.17) is 5.73 Å². The minimum atomic E-state index is -0.501. The maximum absolute atomic E-state index is 13.5. The number of benzene rings is 1. The Morgan fingerprint density at radius 3 is 2.76 bits per heavy atom. The number of nitrogens with two attached hydrogens (primary N) is 1. The van der Waals surface area contributed by atoms with E-state index in [0.29, 0.717) is 12.2 Å². The van der Waals surface area contributed by atoms with Crippen LogP contribution in [0.25, 0.3) is 0 Å². The van der Waals surface area contributed by atoms with Gasteiger partial charge in [0.1, 0.15) is 10.8 Å². The van der Waals surface area contributed by atoms with Crippen molar-refractivity contribution < 1.29 is 9.18 Å². The smallest absolute Gasteiger partial charge is 0.239 e. The van der Waals surface area contributed by atoms with Gasteiger partial charge in [0.05, 0.1) is 6.54 Å². The van der Waals surface area contributed by atoms with Gasteiger partial charge in [-0.15, -0.1) is 0 Å². The second-order valence-corrected chi connectivity index (χ2v) is 3.81. The lowest BCUT2D eigenvalue weighted by Crippen LogP contribution is -2.29. The van der Waals surface area contributed by atoms with Crippen molar-refractivity contribution in [3.63, 3.8) is 0 Å². The molecule has 0 saturated heterocycles. The summed E-state index contributed by atoms with van der Waals surface area (Å²) in [5.74, 6) is -0.648. The fourth-order valence-corrected chi connectivity index (χ4v) is 1.43. The molecule has 0 bridgehead atoms. The van der Waals surface area contributed by atoms with Gasteiger partial charge in [-0.1, -0.05) is 12.2 Å². The van der Waals surface area contributed by atoms with Gasteiger partial charge in [-0.3, -0.25) is 4.79 Å². The number of carbonyl (C=O) groups is 1. The summed E-state index contributed by atoms with van der Waals surface area (Å²) in [6, 6.07) is 4.36. The zero-order chi connectivity index (χ0) is 12.8. The van der Waals surface area contributed by atoms with Crippen LogP contribution in [-0.4, -0.2) is 24.0 Å². The monoisotopic (exact) mass is 255 g/mol. The molecule has 0 spiro atoms. The molecule has 1 amide bonds. The van der Waals surface area contributed by atoms with Crippen molar-refractivity contribution in [2.24, 2.45) is 5.73 Å². The number of halogens is 1. The van der Waals surface area contributed by atoms with Crippen LogP contribution in [0.15, 0.2) is 18.2 Å². The van der Waals surface area contributed by atoms with Gasteiger partial charge in [-0.2, -0.15) is 0 Å². The van der Waals surface area contributed by atoms with E-state index in [1.807, 2.05) is 6.92 Å². The van der Waals surface area contributed by atoms with E-state index in [-0.39, 0.29) is 23.0 Å². The summed E-state index contributed by atoms with van der Waals surface area (Å²) in [6.07, 6.45) is 0. The molecule has 1 aromatic rings. The third-order valence-corrected chi connectivity index (χ3v) is 2.28. The zero-order valence-corrected chi connectivity index (χ0v) is 10.2. The van der Waals surface area contributed by atoms with Crippen molar-refractivity contribution in [2.75, 3.05) is 18.4 Å². The third kappa shape index (κ3) is 3.99. The highest BCUT2D eigenvalue weighted by Gasteiger charge is 2.06. The maximum atomic E-state index is 13.5. The van der Waals surface area contributed by atoms with Crippen LogP contribution in [-0.2, 0) is 4.79 Å². The zero-order valence-electron chi connectivity index (χ0n) is 9.42. The summed E-state index contributed by atoms with van der Waals surface area (Å²) in [5.41, 5.74) is 6.04. The summed E-state index contributed by atoms with van der Waals surface area (Å²) in [6.45, 7) is 2.49. The Bertz CT molecular complexity index is 437. The Labute approximate surface area is 104 Å². The van der Waals surface area contributed by atoms with Crippen molar-refractivity contribution in [3.05, 3.63) is 29.6 Å². The first-order valence-electron chi connectivity index (χ1n) is 5.14. The second-order valence-electron chi connectivity index (χ2n) is 3.37. The van der Waals surface area contributed by atoms with Crippen LogP contribution in [0.5, 0.6) is 0 Å². The summed E-state index contributed by atoms with van der Waals surface area (Å²) in [5, 5.41) is 5.42. The van der Waals surface area contributed by atoms with Gasteiger partial charge in [-0.25, -0.2) is 4.39 Å². The predicted molar refractivity (Wildman–Crippen MR) is 69.5 cm³/mol. The number of amides is 1. The Kier molecular flexibility index (Phi) is 4.84. The Morgan fingerprint density at radius 2 is 2.24 bits per heavy atom. The topological polar surface area (TPSA) is 67.2 Å². The first-order valence-corrected chi connectivity index (χ1v) is 5.55. The average Bonchev–Trinajstić information content (AvgIpc) is 2.26. The predicted octanol–water partition coefficient (Wildman–Crippen LogP) is 1.01. The van der Waals surface area contributed by atoms with Gasteiger partial charge in [0.2, 0.25) is 5.91 Å². The van der Waals surface area contributed by atoms with E-state index in [1.165, 1.54) is 12.1 Å². The molecule has 1 aromatic carbocycles. The Hall–Kier alpha value is -1.69. The van der Waals surface area contributed by atoms with Crippen molar-refractivity contribution in [1.82, 2.24) is 5.32 Å². The normalized spacial score (nSPS) is 9.76. The van der Waals surface area contributed by atoms with Crippen molar-refractivity contribution >= 4 is 28.8 Å². The standard InChI is InChI=1S/C11H14FN3OS/c1-2-14-10(16)6-15-7-3-4-8(11(13)17)9(12)5-7/h3-5,15H,2,6H2,1H3,(H2,13,17)(H,14,16). The molecular weight excluding hydrogens is 241 g/mol. The van der Waals surface area contributed by atoms with Crippen LogP contribution in [0, 0.1) is 5.82 Å². The van der Waals surface area contributed by atoms with Crippen LogP contribution >= 0.6 is 12.2 Å². The number of hydrogen-bond acceptors (Lipinski definition) is 3. The van der Waals surface area contributed by atoms with Gasteiger partial charge < -0.3 is 16.4 Å². The van der Waals surface area contributed by atoms with Crippen LogP contribution < -0.4 is 16.4 Å². The van der Waals surface area contributed by atoms with E-state index in [2.05, 4.69) is 22.9 Å². The van der Waals surface area contributed by atoms with Crippen molar-refractivity contribution in [2.45, 2.75) is 6.92 Å². The van der Waals surface area contributed by atoms with Gasteiger partial charge in [-0.05, 0) is 25.1 Å². The van der Waals surface area contributed by atoms with Crippen molar-refractivity contribution in [1.29, 1.82) is 0 Å². The van der Waals surface area contributed by atoms with E-state index < -0.39 is 5.82 Å². The Balaban J connectivity index is 2.65. The molecule has 6 heteroatoms. The molecule has 17 heavy (non-hydrogen) atoms. The summed E-state index contributed by atoms with van der Waals surface area (Å²) < 4.78 is 13.5. The molecule has 0 atom stereocenters. The molecular formula is C11H14FN3OS. The average molecular weight is 255 g/mol. The van der Waals surface area contributed by atoms with Gasteiger partial charge in [0.25, 0.3) is 0 Å². The molecule has 4 nitrogen and oxygen atoms in total. The summed E-state index contributed by atoms with van der Waals surface area (Å²) in [7, 11) is 0. The molecule has 0 aliphatic rings. The molecule has 0 heterocycles. The highest BCUT2D eigenvalue weighted by Crippen LogP contribution is 2.14. The van der Waals surface area contributed by atoms with E-state index >= 15 is 0 Å². The molecule has 0 aromatic heterocycles. The molecule has 0 fully saturated rings. The highest BCUT2D eigenvalue weighted by atomic mass is 32.1. The van der Waals surface area contributed by atoms with Gasteiger partial charge in [0.15, 0.2) is 0 Å². The fraction of sp³-hybridized carbons (Fsp3) is 0.273. The second kappa shape index (κ2) is 6.15. The first-order chi connectivity index (χ1) is 8.04. The number of carbonyl (C=O) groups excluding carboxylic acids is 1. The molecule has 0 saturated carbocycles. The minimum absolute atomic E-state index is 0.0118. The number of thiocarbonyl (C=S) groups is 1. The van der Waals surface area contributed by atoms with Crippen LogP contribution in [0.4, 0.5) is 10.1 Å². The molecule has 0 aliphatic heterocycles. The SMILES string of the molecule is CCNC(=O)CNc1ccc(C(N)=S)c(F)c1. The lowest BCUT2D eigenvalue weighted by molar-refractivity contribution is -0.119. The Morgan fingerprint density at radius 1 is 1.53 bits per heavy atom. The van der Waals surface area contributed by atoms with Crippen LogP contribution in [0.3, 0.4) is 0 Å². The number of rotatable bonds is 5. The summed E-state index contributed by atoms with van der Waals surface area (Å²) >= 11 is 4.69. The molecule has 92 valence electrons. The first kappa shape index (κ1) is 13.4. The molecule has 0 aliphatic carbocycles. The van der Waals surface area contributed by atoms with E-state index in [1.54, 1.807) is 6.07 Å². The number of hydrogen-bond donors (Lipinski definition) is 3. The maximum Gasteiger partial charge on any atom is 0.239 e. The van der Waals surface area contributed by atoms with Crippen LogP contribution in [0.2, 0.25) is 0 Å². The molecule has 1 rings (SSSR count). The number of nitrogens with one attached hydrogen (secondary N) is 2. The largest absolute Gasteiger partial charge is 0.389 e. The number of anilines is 1. The minimum Gasteiger partial charge on any atom is -0.389 e. The van der Waals surface area contributed by atoms with Crippen molar-refractivity contribution in [3.8, 4) is 0 Å². The van der Waals surface area contributed by atoms with E-state index in [0.717, 1.165) is 0 Å². The molecule has 0 unspecified atom stereocenters. The van der Waals surface area contributed by atoms with Gasteiger partial charge in [0, 0.05) is 17.8 Å². The van der Waals surface area contributed by atoms with Gasteiger partial charge >= 0.3 is 0 Å².